The number of carbonyl (C=O) groups excluding carboxylic acids is 1. The number of benzene rings is 1. The Kier molecular flexibility index (Phi) is 4.00. The Morgan fingerprint density at radius 2 is 1.73 bits per heavy atom. The van der Waals surface area contributed by atoms with Crippen molar-refractivity contribution in [2.75, 3.05) is 13.1 Å². The Morgan fingerprint density at radius 3 is 2.18 bits per heavy atom. The first-order valence-corrected chi connectivity index (χ1v) is 7.03. The lowest BCUT2D eigenvalue weighted by molar-refractivity contribution is -0.171. The molecule has 1 aliphatic heterocycles. The molecule has 5 nitrogen and oxygen atoms in total. The normalized spacial score (nSPS) is 19.8. The molecule has 1 aliphatic rings. The van der Waals surface area contributed by atoms with Crippen molar-refractivity contribution in [3.63, 3.8) is 0 Å². The summed E-state index contributed by atoms with van der Waals surface area (Å²) in [5.41, 5.74) is -1.38. The van der Waals surface area contributed by atoms with Crippen LogP contribution in [0.1, 0.15) is 48.4 Å². The number of carbonyl (C=O) groups is 2. The van der Waals surface area contributed by atoms with Crippen molar-refractivity contribution in [1.29, 1.82) is 0 Å². The monoisotopic (exact) mass is 309 g/mol. The summed E-state index contributed by atoms with van der Waals surface area (Å²) in [6, 6.07) is 3.32. The van der Waals surface area contributed by atoms with Gasteiger partial charge in [0.1, 0.15) is 5.82 Å². The van der Waals surface area contributed by atoms with Gasteiger partial charge in [0.2, 0.25) is 0 Å². The third kappa shape index (κ3) is 3.44. The molecule has 0 spiro atoms. The summed E-state index contributed by atoms with van der Waals surface area (Å²) < 4.78 is 20.0. The number of ether oxygens (including phenoxy) is 1. The van der Waals surface area contributed by atoms with Crippen LogP contribution in [0.25, 0.3) is 0 Å². The van der Waals surface area contributed by atoms with E-state index in [9.17, 15) is 14.0 Å². The fourth-order valence-electron chi connectivity index (χ4n) is 2.92. The highest BCUT2D eigenvalue weighted by Crippen LogP contribution is 2.29. The molecular weight excluding hydrogens is 289 g/mol. The number of morpholine rings is 1. The standard InChI is InChI=1S/C16H20FNO4/c1-15(2)8-18(9-16(3,4)22-15)13(19)11-6-5-10(14(20)21)7-12(11)17/h5-7H,8-9H2,1-4H3,(H,20,21). The minimum atomic E-state index is -1.23. The van der Waals surface area contributed by atoms with Crippen molar-refractivity contribution >= 4 is 11.9 Å². The number of aromatic carboxylic acids is 1. The Labute approximate surface area is 128 Å². The van der Waals surface area contributed by atoms with Crippen LogP contribution in [0.15, 0.2) is 18.2 Å². The molecule has 0 saturated carbocycles. The summed E-state index contributed by atoms with van der Waals surface area (Å²) in [7, 11) is 0. The molecule has 22 heavy (non-hydrogen) atoms. The Bertz CT molecular complexity index is 609. The van der Waals surface area contributed by atoms with E-state index in [1.807, 2.05) is 27.7 Å². The summed E-state index contributed by atoms with van der Waals surface area (Å²) in [5.74, 6) is -2.52. The van der Waals surface area contributed by atoms with Crippen LogP contribution in [0.2, 0.25) is 0 Å². The summed E-state index contributed by atoms with van der Waals surface area (Å²) in [6.07, 6.45) is 0. The third-order valence-corrected chi connectivity index (χ3v) is 3.43. The van der Waals surface area contributed by atoms with Crippen LogP contribution >= 0.6 is 0 Å². The average Bonchev–Trinajstić information content (AvgIpc) is 2.34. The first-order valence-electron chi connectivity index (χ1n) is 7.03. The van der Waals surface area contributed by atoms with E-state index in [4.69, 9.17) is 9.84 Å². The minimum absolute atomic E-state index is 0.126. The van der Waals surface area contributed by atoms with Gasteiger partial charge in [0.25, 0.3) is 5.91 Å². The van der Waals surface area contributed by atoms with Crippen molar-refractivity contribution in [1.82, 2.24) is 4.90 Å². The van der Waals surface area contributed by atoms with Crippen LogP contribution in [0.5, 0.6) is 0 Å². The second-order valence-corrected chi connectivity index (χ2v) is 6.78. The molecule has 0 unspecified atom stereocenters. The van der Waals surface area contributed by atoms with E-state index in [0.29, 0.717) is 13.1 Å². The lowest BCUT2D eigenvalue weighted by Crippen LogP contribution is -2.58. The SMILES string of the molecule is CC1(C)CN(C(=O)c2ccc(C(=O)O)cc2F)CC(C)(C)O1. The number of halogens is 1. The number of rotatable bonds is 2. The van der Waals surface area contributed by atoms with E-state index in [1.165, 1.54) is 12.1 Å². The van der Waals surface area contributed by atoms with E-state index in [-0.39, 0.29) is 11.1 Å². The van der Waals surface area contributed by atoms with Crippen LogP contribution in [0.3, 0.4) is 0 Å². The summed E-state index contributed by atoms with van der Waals surface area (Å²) in [5, 5.41) is 8.85. The van der Waals surface area contributed by atoms with E-state index in [2.05, 4.69) is 0 Å². The minimum Gasteiger partial charge on any atom is -0.478 e. The van der Waals surface area contributed by atoms with Crippen molar-refractivity contribution in [3.05, 3.63) is 35.1 Å². The highest BCUT2D eigenvalue weighted by molar-refractivity contribution is 5.96. The summed E-state index contributed by atoms with van der Waals surface area (Å²) in [4.78, 5) is 24.9. The third-order valence-electron chi connectivity index (χ3n) is 3.43. The smallest absolute Gasteiger partial charge is 0.335 e. The summed E-state index contributed by atoms with van der Waals surface area (Å²) >= 11 is 0. The van der Waals surface area contributed by atoms with Gasteiger partial charge in [-0.1, -0.05) is 0 Å². The molecule has 2 rings (SSSR count). The maximum Gasteiger partial charge on any atom is 0.335 e. The van der Waals surface area contributed by atoms with Gasteiger partial charge in [-0.25, -0.2) is 9.18 Å². The Balaban J connectivity index is 2.30. The second-order valence-electron chi connectivity index (χ2n) is 6.78. The van der Waals surface area contributed by atoms with Gasteiger partial charge in [-0.3, -0.25) is 4.79 Å². The zero-order chi connectivity index (χ0) is 16.7. The second kappa shape index (κ2) is 5.35. The van der Waals surface area contributed by atoms with E-state index in [1.54, 1.807) is 4.90 Å². The number of amides is 1. The molecule has 1 aromatic rings. The molecule has 0 aliphatic carbocycles. The maximum atomic E-state index is 14.1. The van der Waals surface area contributed by atoms with Gasteiger partial charge in [-0.15, -0.1) is 0 Å². The molecule has 0 atom stereocenters. The highest BCUT2D eigenvalue weighted by atomic mass is 19.1. The van der Waals surface area contributed by atoms with Gasteiger partial charge in [-0.2, -0.15) is 0 Å². The topological polar surface area (TPSA) is 66.8 Å². The van der Waals surface area contributed by atoms with Crippen LogP contribution < -0.4 is 0 Å². The van der Waals surface area contributed by atoms with Crippen LogP contribution in [0.4, 0.5) is 4.39 Å². The molecule has 1 aromatic carbocycles. The van der Waals surface area contributed by atoms with Crippen LogP contribution in [-0.4, -0.2) is 46.2 Å². The Hall–Kier alpha value is -1.95. The molecule has 1 amide bonds. The van der Waals surface area contributed by atoms with Gasteiger partial charge < -0.3 is 14.7 Å². The first kappa shape index (κ1) is 16.4. The number of hydrogen-bond acceptors (Lipinski definition) is 3. The van der Waals surface area contributed by atoms with Gasteiger partial charge in [0.15, 0.2) is 0 Å². The molecule has 0 radical (unpaired) electrons. The maximum absolute atomic E-state index is 14.1. The molecule has 0 aromatic heterocycles. The van der Waals surface area contributed by atoms with Gasteiger partial charge in [0, 0.05) is 13.1 Å². The fraction of sp³-hybridized carbons (Fsp3) is 0.500. The van der Waals surface area contributed by atoms with E-state index >= 15 is 0 Å². The van der Waals surface area contributed by atoms with Crippen LogP contribution in [0, 0.1) is 5.82 Å². The predicted molar refractivity (Wildman–Crippen MR) is 78.5 cm³/mol. The van der Waals surface area contributed by atoms with Gasteiger partial charge >= 0.3 is 5.97 Å². The molecule has 120 valence electrons. The number of hydrogen-bond donors (Lipinski definition) is 1. The van der Waals surface area contributed by atoms with Crippen molar-refractivity contribution in [3.8, 4) is 0 Å². The van der Waals surface area contributed by atoms with Crippen molar-refractivity contribution in [2.24, 2.45) is 0 Å². The largest absolute Gasteiger partial charge is 0.478 e. The fourth-order valence-corrected chi connectivity index (χ4v) is 2.92. The molecule has 1 fully saturated rings. The van der Waals surface area contributed by atoms with Crippen molar-refractivity contribution < 1.29 is 23.8 Å². The molecule has 0 bridgehead atoms. The molecule has 1 saturated heterocycles. The van der Waals surface area contributed by atoms with Crippen LogP contribution in [-0.2, 0) is 4.74 Å². The Morgan fingerprint density at radius 1 is 1.18 bits per heavy atom. The first-order chi connectivity index (χ1) is 10.0. The predicted octanol–water partition coefficient (Wildman–Crippen LogP) is 2.55. The lowest BCUT2D eigenvalue weighted by Gasteiger charge is -2.47. The number of carboxylic acids is 1. The number of nitrogens with zero attached hydrogens (tertiary/aromatic N) is 1. The van der Waals surface area contributed by atoms with E-state index < -0.39 is 28.9 Å². The van der Waals surface area contributed by atoms with Gasteiger partial charge in [-0.05, 0) is 45.9 Å². The molecule has 1 heterocycles. The highest BCUT2D eigenvalue weighted by Gasteiger charge is 2.40. The summed E-state index contributed by atoms with van der Waals surface area (Å²) in [6.45, 7) is 8.18. The average molecular weight is 309 g/mol. The van der Waals surface area contributed by atoms with E-state index in [0.717, 1.165) is 6.07 Å². The zero-order valence-corrected chi connectivity index (χ0v) is 13.1. The number of carboxylic acid groups (broad SMARTS) is 1. The lowest BCUT2D eigenvalue weighted by atomic mass is 9.98. The zero-order valence-electron chi connectivity index (χ0n) is 13.1. The molecular formula is C16H20FNO4. The quantitative estimate of drug-likeness (QED) is 0.911. The van der Waals surface area contributed by atoms with Gasteiger partial charge in [0.05, 0.1) is 22.3 Å². The van der Waals surface area contributed by atoms with Crippen molar-refractivity contribution in [2.45, 2.75) is 38.9 Å². The molecule has 1 N–H and O–H groups in total. The molecule has 6 heteroatoms.